The highest BCUT2D eigenvalue weighted by Crippen LogP contribution is 2.30. The SMILES string of the molecule is C=CCCC/C(Br)=C(/Cl)c1ccc(OC)cc1. The summed E-state index contributed by atoms with van der Waals surface area (Å²) in [6.07, 6.45) is 4.90. The molecule has 0 atom stereocenters. The van der Waals surface area contributed by atoms with Crippen LogP contribution in [-0.2, 0) is 0 Å². The van der Waals surface area contributed by atoms with Crippen LogP contribution >= 0.6 is 27.5 Å². The Kier molecular flexibility index (Phi) is 6.38. The van der Waals surface area contributed by atoms with Crippen LogP contribution in [0.5, 0.6) is 5.75 Å². The van der Waals surface area contributed by atoms with Gasteiger partial charge in [-0.2, -0.15) is 0 Å². The average molecular weight is 316 g/mol. The minimum absolute atomic E-state index is 0.761. The third-order valence-corrected chi connectivity index (χ3v) is 3.85. The van der Waals surface area contributed by atoms with Gasteiger partial charge in [-0.1, -0.05) is 33.6 Å². The lowest BCUT2D eigenvalue weighted by Crippen LogP contribution is -1.85. The van der Waals surface area contributed by atoms with E-state index in [0.717, 1.165) is 40.1 Å². The van der Waals surface area contributed by atoms with Crippen molar-refractivity contribution in [2.24, 2.45) is 0 Å². The molecule has 0 radical (unpaired) electrons. The molecule has 0 fully saturated rings. The van der Waals surface area contributed by atoms with Gasteiger partial charge in [0.15, 0.2) is 0 Å². The number of unbranched alkanes of at least 4 members (excludes halogenated alkanes) is 1. The smallest absolute Gasteiger partial charge is 0.118 e. The Morgan fingerprint density at radius 2 is 2.06 bits per heavy atom. The van der Waals surface area contributed by atoms with Crippen molar-refractivity contribution < 1.29 is 4.74 Å². The van der Waals surface area contributed by atoms with Gasteiger partial charge >= 0.3 is 0 Å². The summed E-state index contributed by atoms with van der Waals surface area (Å²) < 4.78 is 6.14. The van der Waals surface area contributed by atoms with Crippen molar-refractivity contribution in [3.63, 3.8) is 0 Å². The van der Waals surface area contributed by atoms with Gasteiger partial charge in [0.05, 0.1) is 12.1 Å². The second-order valence-electron chi connectivity index (χ2n) is 3.63. The normalized spacial score (nSPS) is 11.9. The van der Waals surface area contributed by atoms with E-state index in [0.29, 0.717) is 0 Å². The lowest BCUT2D eigenvalue weighted by molar-refractivity contribution is 0.415. The van der Waals surface area contributed by atoms with Crippen molar-refractivity contribution in [3.05, 3.63) is 47.0 Å². The first-order chi connectivity index (χ1) is 8.19. The maximum atomic E-state index is 6.30. The summed E-state index contributed by atoms with van der Waals surface area (Å²) in [6, 6.07) is 7.72. The number of ether oxygens (including phenoxy) is 1. The Morgan fingerprint density at radius 3 is 2.59 bits per heavy atom. The van der Waals surface area contributed by atoms with Crippen molar-refractivity contribution in [2.45, 2.75) is 19.3 Å². The maximum Gasteiger partial charge on any atom is 0.118 e. The fourth-order valence-corrected chi connectivity index (χ4v) is 2.14. The van der Waals surface area contributed by atoms with E-state index in [4.69, 9.17) is 16.3 Å². The summed E-state index contributed by atoms with van der Waals surface area (Å²) in [6.45, 7) is 3.70. The van der Waals surface area contributed by atoms with E-state index in [2.05, 4.69) is 22.5 Å². The minimum atomic E-state index is 0.761. The van der Waals surface area contributed by atoms with Gasteiger partial charge in [0.2, 0.25) is 0 Å². The number of halogens is 2. The van der Waals surface area contributed by atoms with Gasteiger partial charge in [-0.05, 0) is 49.1 Å². The first-order valence-electron chi connectivity index (χ1n) is 5.48. The highest BCUT2D eigenvalue weighted by atomic mass is 79.9. The van der Waals surface area contributed by atoms with Gasteiger partial charge < -0.3 is 4.74 Å². The summed E-state index contributed by atoms with van der Waals surface area (Å²) in [5.74, 6) is 0.834. The highest BCUT2D eigenvalue weighted by Gasteiger charge is 2.04. The molecule has 1 aromatic rings. The van der Waals surface area contributed by atoms with Crippen LogP contribution in [0.2, 0.25) is 0 Å². The molecular weight excluding hydrogens is 300 g/mol. The molecule has 0 aliphatic heterocycles. The number of allylic oxidation sites excluding steroid dienone is 2. The van der Waals surface area contributed by atoms with Gasteiger partial charge in [0.1, 0.15) is 5.75 Å². The Labute approximate surface area is 116 Å². The maximum absolute atomic E-state index is 6.30. The third-order valence-electron chi connectivity index (χ3n) is 2.39. The van der Waals surface area contributed by atoms with Crippen LogP contribution in [0.15, 0.2) is 41.4 Å². The zero-order valence-corrected chi connectivity index (χ0v) is 12.2. The van der Waals surface area contributed by atoms with E-state index >= 15 is 0 Å². The van der Waals surface area contributed by atoms with E-state index in [9.17, 15) is 0 Å². The molecule has 92 valence electrons. The van der Waals surface area contributed by atoms with Crippen molar-refractivity contribution in [1.29, 1.82) is 0 Å². The third kappa shape index (κ3) is 4.57. The summed E-state index contributed by atoms with van der Waals surface area (Å²) in [5.41, 5.74) is 0.998. The molecule has 0 aliphatic rings. The number of benzene rings is 1. The molecule has 3 heteroatoms. The van der Waals surface area contributed by atoms with Gasteiger partial charge in [-0.25, -0.2) is 0 Å². The molecule has 0 aromatic heterocycles. The molecule has 0 saturated carbocycles. The Hall–Kier alpha value is -0.730. The second kappa shape index (κ2) is 7.57. The predicted octanol–water partition coefficient (Wildman–Crippen LogP) is 5.35. The van der Waals surface area contributed by atoms with E-state index < -0.39 is 0 Å². The molecule has 17 heavy (non-hydrogen) atoms. The van der Waals surface area contributed by atoms with Crippen molar-refractivity contribution in [3.8, 4) is 5.75 Å². The molecule has 0 spiro atoms. The lowest BCUT2D eigenvalue weighted by atomic mass is 10.1. The minimum Gasteiger partial charge on any atom is -0.497 e. The molecule has 0 aliphatic carbocycles. The molecule has 0 heterocycles. The molecule has 0 bridgehead atoms. The van der Waals surface area contributed by atoms with Gasteiger partial charge in [0.25, 0.3) is 0 Å². The lowest BCUT2D eigenvalue weighted by Gasteiger charge is -2.05. The molecule has 0 saturated heterocycles. The van der Waals surface area contributed by atoms with E-state index in [1.54, 1.807) is 7.11 Å². The Bertz CT molecular complexity index is 395. The molecule has 1 nitrogen and oxygen atoms in total. The van der Waals surface area contributed by atoms with Gasteiger partial charge in [-0.15, -0.1) is 6.58 Å². The average Bonchev–Trinajstić information content (AvgIpc) is 2.38. The summed E-state index contributed by atoms with van der Waals surface area (Å²) in [7, 11) is 1.65. The van der Waals surface area contributed by atoms with Crippen LogP contribution in [0, 0.1) is 0 Å². The number of hydrogen-bond acceptors (Lipinski definition) is 1. The first-order valence-corrected chi connectivity index (χ1v) is 6.65. The number of rotatable bonds is 6. The van der Waals surface area contributed by atoms with Crippen molar-refractivity contribution in [2.75, 3.05) is 7.11 Å². The van der Waals surface area contributed by atoms with Gasteiger partial charge in [-0.3, -0.25) is 0 Å². The Morgan fingerprint density at radius 1 is 1.41 bits per heavy atom. The van der Waals surface area contributed by atoms with Gasteiger partial charge in [0, 0.05) is 4.48 Å². The monoisotopic (exact) mass is 314 g/mol. The number of methoxy groups -OCH3 is 1. The molecule has 0 unspecified atom stereocenters. The standard InChI is InChI=1S/C14H16BrClO/c1-3-4-5-6-13(15)14(16)11-7-9-12(17-2)10-8-11/h3,7-10H,1,4-6H2,2H3/b14-13-. The van der Waals surface area contributed by atoms with E-state index in [1.165, 1.54) is 0 Å². The van der Waals surface area contributed by atoms with Crippen LogP contribution in [0.1, 0.15) is 24.8 Å². The van der Waals surface area contributed by atoms with Crippen LogP contribution < -0.4 is 4.74 Å². The molecule has 1 rings (SSSR count). The van der Waals surface area contributed by atoms with Crippen LogP contribution in [-0.4, -0.2) is 7.11 Å². The molecular formula is C14H16BrClO. The highest BCUT2D eigenvalue weighted by molar-refractivity contribution is 9.11. The second-order valence-corrected chi connectivity index (χ2v) is 4.96. The summed E-state index contributed by atoms with van der Waals surface area (Å²) in [5, 5.41) is 0.761. The zero-order chi connectivity index (χ0) is 12.7. The molecule has 0 amide bonds. The molecule has 0 N–H and O–H groups in total. The topological polar surface area (TPSA) is 9.23 Å². The van der Waals surface area contributed by atoms with Crippen molar-refractivity contribution in [1.82, 2.24) is 0 Å². The Balaban J connectivity index is 2.74. The van der Waals surface area contributed by atoms with E-state index in [-0.39, 0.29) is 0 Å². The first kappa shape index (κ1) is 14.3. The summed E-state index contributed by atoms with van der Waals surface area (Å²) in [4.78, 5) is 0. The number of hydrogen-bond donors (Lipinski definition) is 0. The van der Waals surface area contributed by atoms with Crippen LogP contribution in [0.3, 0.4) is 0 Å². The van der Waals surface area contributed by atoms with Crippen LogP contribution in [0.4, 0.5) is 0 Å². The fraction of sp³-hybridized carbons (Fsp3) is 0.286. The van der Waals surface area contributed by atoms with Crippen molar-refractivity contribution >= 4 is 32.6 Å². The van der Waals surface area contributed by atoms with E-state index in [1.807, 2.05) is 30.3 Å². The molecule has 1 aromatic carbocycles. The summed E-state index contributed by atoms with van der Waals surface area (Å²) >= 11 is 9.83. The van der Waals surface area contributed by atoms with Crippen LogP contribution in [0.25, 0.3) is 5.03 Å². The predicted molar refractivity (Wildman–Crippen MR) is 78.7 cm³/mol. The fourth-order valence-electron chi connectivity index (χ4n) is 1.41. The largest absolute Gasteiger partial charge is 0.497 e. The quantitative estimate of drug-likeness (QED) is 0.507. The zero-order valence-electron chi connectivity index (χ0n) is 9.88.